The number of hydrogen-bond donors (Lipinski definition) is 1. The Labute approximate surface area is 252 Å². The SMILES string of the molecule is N#Cc1ccc(-c2cc3c(cc2OC(F)(F)F)C(C(C#N)C2CN2)c2cc(OC(F)(F)F)c(-c4ccc(C#N)cc4)cc2-3)cc1. The first kappa shape index (κ1) is 29.6. The van der Waals surface area contributed by atoms with E-state index in [0.29, 0.717) is 28.8 Å². The van der Waals surface area contributed by atoms with Crippen LogP contribution >= 0.6 is 0 Å². The minimum atomic E-state index is -5.08. The van der Waals surface area contributed by atoms with E-state index in [1.165, 1.54) is 72.8 Å². The van der Waals surface area contributed by atoms with E-state index in [2.05, 4.69) is 20.9 Å². The van der Waals surface area contributed by atoms with E-state index in [1.54, 1.807) is 0 Å². The van der Waals surface area contributed by atoms with E-state index in [-0.39, 0.29) is 39.4 Å². The third-order valence-electron chi connectivity index (χ3n) is 7.75. The average Bonchev–Trinajstić information content (AvgIpc) is 3.79. The molecular formula is C33H18F6N4O2. The highest BCUT2D eigenvalue weighted by molar-refractivity contribution is 5.90. The summed E-state index contributed by atoms with van der Waals surface area (Å²) < 4.78 is 90.9. The molecular weight excluding hydrogens is 598 g/mol. The van der Waals surface area contributed by atoms with Crippen LogP contribution in [0.15, 0.2) is 72.8 Å². The molecule has 6 nitrogen and oxygen atoms in total. The molecule has 6 rings (SSSR count). The minimum Gasteiger partial charge on any atom is -0.405 e. The van der Waals surface area contributed by atoms with Crippen LogP contribution < -0.4 is 14.8 Å². The average molecular weight is 617 g/mol. The molecule has 2 atom stereocenters. The van der Waals surface area contributed by atoms with E-state index in [9.17, 15) is 42.1 Å². The van der Waals surface area contributed by atoms with Gasteiger partial charge in [0.15, 0.2) is 0 Å². The quantitative estimate of drug-likeness (QED) is 0.175. The molecule has 1 N–H and O–H groups in total. The van der Waals surface area contributed by atoms with E-state index in [1.807, 2.05) is 12.1 Å². The van der Waals surface area contributed by atoms with Crippen LogP contribution in [-0.2, 0) is 0 Å². The highest BCUT2D eigenvalue weighted by Crippen LogP contribution is 2.55. The van der Waals surface area contributed by atoms with Gasteiger partial charge in [-0.25, -0.2) is 0 Å². The second-order valence-electron chi connectivity index (χ2n) is 10.5. The maximum absolute atomic E-state index is 13.7. The van der Waals surface area contributed by atoms with Gasteiger partial charge < -0.3 is 14.8 Å². The van der Waals surface area contributed by atoms with Crippen molar-refractivity contribution >= 4 is 0 Å². The van der Waals surface area contributed by atoms with E-state index < -0.39 is 36.1 Å². The summed E-state index contributed by atoms with van der Waals surface area (Å²) in [5.41, 5.74) is 2.55. The lowest BCUT2D eigenvalue weighted by atomic mass is 9.82. The number of nitriles is 3. The normalized spacial score (nSPS) is 16.0. The summed E-state index contributed by atoms with van der Waals surface area (Å²) in [6.45, 7) is 0.448. The first-order valence-electron chi connectivity index (χ1n) is 13.4. The highest BCUT2D eigenvalue weighted by Gasteiger charge is 2.45. The fourth-order valence-electron chi connectivity index (χ4n) is 5.76. The summed E-state index contributed by atoms with van der Waals surface area (Å²) in [5.74, 6) is -2.90. The minimum absolute atomic E-state index is 0.0239. The number of ether oxygens (including phenoxy) is 2. The molecule has 4 aromatic carbocycles. The van der Waals surface area contributed by atoms with Gasteiger partial charge in [0.2, 0.25) is 0 Å². The molecule has 1 aliphatic heterocycles. The van der Waals surface area contributed by atoms with Gasteiger partial charge in [-0.15, -0.1) is 26.3 Å². The summed E-state index contributed by atoms with van der Waals surface area (Å²) in [6, 6.07) is 22.6. The van der Waals surface area contributed by atoms with Crippen molar-refractivity contribution in [1.82, 2.24) is 5.32 Å². The number of hydrogen-bond acceptors (Lipinski definition) is 6. The van der Waals surface area contributed by atoms with Gasteiger partial charge in [-0.2, -0.15) is 15.8 Å². The molecule has 45 heavy (non-hydrogen) atoms. The van der Waals surface area contributed by atoms with Crippen LogP contribution in [0.5, 0.6) is 11.5 Å². The van der Waals surface area contributed by atoms with Crippen LogP contribution in [0, 0.1) is 39.9 Å². The summed E-state index contributed by atoms with van der Waals surface area (Å²) >= 11 is 0. The number of alkyl halides is 6. The van der Waals surface area contributed by atoms with Crippen LogP contribution in [0.4, 0.5) is 26.3 Å². The largest absolute Gasteiger partial charge is 0.573 e. The molecule has 0 bridgehead atoms. The molecule has 1 saturated heterocycles. The molecule has 224 valence electrons. The summed E-state index contributed by atoms with van der Waals surface area (Å²) in [7, 11) is 0. The second kappa shape index (κ2) is 10.9. The second-order valence-corrected chi connectivity index (χ2v) is 10.5. The van der Waals surface area contributed by atoms with Gasteiger partial charge in [0.05, 0.1) is 35.3 Å². The van der Waals surface area contributed by atoms with Crippen molar-refractivity contribution in [2.75, 3.05) is 6.54 Å². The van der Waals surface area contributed by atoms with E-state index >= 15 is 0 Å². The van der Waals surface area contributed by atoms with Crippen LogP contribution in [0.3, 0.4) is 0 Å². The van der Waals surface area contributed by atoms with Crippen LogP contribution in [0.25, 0.3) is 33.4 Å². The zero-order valence-corrected chi connectivity index (χ0v) is 22.8. The first-order chi connectivity index (χ1) is 21.4. The fraction of sp³-hybridized carbons (Fsp3) is 0.182. The molecule has 0 saturated carbocycles. The fourth-order valence-corrected chi connectivity index (χ4v) is 5.76. The number of halogens is 6. The summed E-state index contributed by atoms with van der Waals surface area (Å²) in [5, 5.41) is 31.6. The molecule has 0 radical (unpaired) electrons. The predicted octanol–water partition coefficient (Wildman–Crippen LogP) is 7.79. The van der Waals surface area contributed by atoms with E-state index in [0.717, 1.165) is 0 Å². The Balaban J connectivity index is 1.63. The molecule has 12 heteroatoms. The molecule has 1 heterocycles. The number of fused-ring (bicyclic) bond motifs is 3. The number of benzene rings is 4. The van der Waals surface area contributed by atoms with Crippen LogP contribution in [0.2, 0.25) is 0 Å². The zero-order valence-electron chi connectivity index (χ0n) is 22.8. The third-order valence-corrected chi connectivity index (χ3v) is 7.75. The number of nitrogens with zero attached hydrogens (tertiary/aromatic N) is 3. The van der Waals surface area contributed by atoms with E-state index in [4.69, 9.17) is 0 Å². The molecule has 1 aliphatic carbocycles. The monoisotopic (exact) mass is 616 g/mol. The van der Waals surface area contributed by atoms with Crippen molar-refractivity contribution in [1.29, 1.82) is 15.8 Å². The van der Waals surface area contributed by atoms with Gasteiger partial charge in [0.25, 0.3) is 0 Å². The maximum atomic E-state index is 13.7. The lowest BCUT2D eigenvalue weighted by Crippen LogP contribution is -2.20. The first-order valence-corrected chi connectivity index (χ1v) is 13.4. The Bertz CT molecular complexity index is 1800. The predicted molar refractivity (Wildman–Crippen MR) is 148 cm³/mol. The van der Waals surface area contributed by atoms with Gasteiger partial charge in [-0.3, -0.25) is 0 Å². The molecule has 4 aromatic rings. The molecule has 2 aliphatic rings. The molecule has 0 aromatic heterocycles. The number of rotatable bonds is 6. The molecule has 1 fully saturated rings. The van der Waals surface area contributed by atoms with Crippen molar-refractivity contribution in [3.63, 3.8) is 0 Å². The van der Waals surface area contributed by atoms with Crippen molar-refractivity contribution in [3.8, 4) is 63.1 Å². The Morgan fingerprint density at radius 2 is 1.04 bits per heavy atom. The maximum Gasteiger partial charge on any atom is 0.573 e. The van der Waals surface area contributed by atoms with Crippen molar-refractivity contribution in [2.45, 2.75) is 24.7 Å². The van der Waals surface area contributed by atoms with Crippen molar-refractivity contribution in [3.05, 3.63) is 95.1 Å². The summed E-state index contributed by atoms with van der Waals surface area (Å²) in [4.78, 5) is 0. The molecule has 0 spiro atoms. The Hall–Kier alpha value is -5.51. The molecule has 2 unspecified atom stereocenters. The van der Waals surface area contributed by atoms with Crippen molar-refractivity contribution in [2.24, 2.45) is 5.92 Å². The summed E-state index contributed by atoms with van der Waals surface area (Å²) in [6.07, 6.45) is -10.2. The van der Waals surface area contributed by atoms with Gasteiger partial charge in [0.1, 0.15) is 11.5 Å². The van der Waals surface area contributed by atoms with Gasteiger partial charge in [-0.05, 0) is 81.9 Å². The number of nitrogens with one attached hydrogen (secondary N) is 1. The molecule has 0 amide bonds. The van der Waals surface area contributed by atoms with Gasteiger partial charge >= 0.3 is 12.7 Å². The van der Waals surface area contributed by atoms with Crippen LogP contribution in [-0.4, -0.2) is 25.3 Å². The zero-order chi connectivity index (χ0) is 32.1. The topological polar surface area (TPSA) is 112 Å². The standard InChI is InChI=1S/C33H18F6N4O2/c34-32(35,36)44-29-11-25-23(9-21(29)19-5-1-17(13-40)2-6-19)24-10-22(20-7-3-18(14-41)4-8-20)30(45-33(37,38)39)12-26(24)31(25)27(15-42)28-16-43-28/h1-12,27-28,31,43H,16H2. The Kier molecular flexibility index (Phi) is 7.15. The smallest absolute Gasteiger partial charge is 0.405 e. The van der Waals surface area contributed by atoms with Crippen LogP contribution in [0.1, 0.15) is 28.2 Å². The van der Waals surface area contributed by atoms with Gasteiger partial charge in [0, 0.05) is 29.6 Å². The third kappa shape index (κ3) is 5.86. The lowest BCUT2D eigenvalue weighted by molar-refractivity contribution is -0.275. The highest BCUT2D eigenvalue weighted by atomic mass is 19.4. The Morgan fingerprint density at radius 1 is 0.644 bits per heavy atom. The van der Waals surface area contributed by atoms with Gasteiger partial charge in [-0.1, -0.05) is 24.3 Å². The lowest BCUT2D eigenvalue weighted by Gasteiger charge is -2.22. The van der Waals surface area contributed by atoms with Crippen molar-refractivity contribution < 1.29 is 35.8 Å². The Morgan fingerprint density at radius 3 is 1.36 bits per heavy atom.